The summed E-state index contributed by atoms with van der Waals surface area (Å²) in [5, 5.41) is 0.846. The second kappa shape index (κ2) is 4.20. The Morgan fingerprint density at radius 3 is 2.84 bits per heavy atom. The maximum absolute atomic E-state index is 12.3. The zero-order valence-electron chi connectivity index (χ0n) is 10.4. The lowest BCUT2D eigenvalue weighted by molar-refractivity contribution is 0.102. The second-order valence-corrected chi connectivity index (χ2v) is 4.30. The molecule has 0 saturated heterocycles. The first-order valence-electron chi connectivity index (χ1n) is 5.84. The Hall–Kier alpha value is -2.69. The van der Waals surface area contributed by atoms with E-state index in [1.807, 2.05) is 24.3 Å². The van der Waals surface area contributed by atoms with Crippen LogP contribution in [0.4, 0.5) is 5.69 Å². The standard InChI is InChI=1S/C14H12N4O/c1-18-7-6-16-14(18)13(19)12-8-10(15)9-4-2-3-5-11(9)17-12/h2-8H,1H3,(H2,15,17). The number of anilines is 1. The Labute approximate surface area is 109 Å². The molecule has 0 spiro atoms. The third-order valence-electron chi connectivity index (χ3n) is 3.01. The molecule has 0 saturated carbocycles. The third-order valence-corrected chi connectivity index (χ3v) is 3.01. The van der Waals surface area contributed by atoms with E-state index in [2.05, 4.69) is 9.97 Å². The number of aryl methyl sites for hydroxylation is 1. The molecule has 0 unspecified atom stereocenters. The number of hydrogen-bond donors (Lipinski definition) is 1. The number of hydrogen-bond acceptors (Lipinski definition) is 4. The number of carbonyl (C=O) groups is 1. The van der Waals surface area contributed by atoms with E-state index in [-0.39, 0.29) is 5.78 Å². The number of ketones is 1. The van der Waals surface area contributed by atoms with Crippen LogP contribution >= 0.6 is 0 Å². The van der Waals surface area contributed by atoms with Crippen molar-refractivity contribution >= 4 is 22.4 Å². The molecule has 3 rings (SSSR count). The van der Waals surface area contributed by atoms with E-state index in [0.717, 1.165) is 5.39 Å². The summed E-state index contributed by atoms with van der Waals surface area (Å²) in [6, 6.07) is 9.07. The van der Waals surface area contributed by atoms with Crippen LogP contribution in [-0.2, 0) is 7.05 Å². The van der Waals surface area contributed by atoms with Gasteiger partial charge in [0, 0.05) is 30.5 Å². The van der Waals surface area contributed by atoms with Gasteiger partial charge in [-0.2, -0.15) is 0 Å². The monoisotopic (exact) mass is 252 g/mol. The highest BCUT2D eigenvalue weighted by Gasteiger charge is 2.16. The van der Waals surface area contributed by atoms with Gasteiger partial charge >= 0.3 is 0 Å². The molecule has 2 N–H and O–H groups in total. The quantitative estimate of drug-likeness (QED) is 0.705. The van der Waals surface area contributed by atoms with Gasteiger partial charge < -0.3 is 10.3 Å². The fraction of sp³-hybridized carbons (Fsp3) is 0.0714. The predicted molar refractivity (Wildman–Crippen MR) is 72.8 cm³/mol. The largest absolute Gasteiger partial charge is 0.398 e. The minimum atomic E-state index is -0.232. The lowest BCUT2D eigenvalue weighted by Crippen LogP contribution is -2.11. The van der Waals surface area contributed by atoms with Gasteiger partial charge in [0.05, 0.1) is 5.52 Å². The first kappa shape index (κ1) is 11.4. The van der Waals surface area contributed by atoms with Gasteiger partial charge in [-0.05, 0) is 12.1 Å². The molecule has 2 heterocycles. The van der Waals surface area contributed by atoms with Crippen molar-refractivity contribution in [1.29, 1.82) is 0 Å². The van der Waals surface area contributed by atoms with Crippen LogP contribution in [0.2, 0.25) is 0 Å². The third kappa shape index (κ3) is 1.85. The van der Waals surface area contributed by atoms with Gasteiger partial charge in [0.15, 0.2) is 5.82 Å². The van der Waals surface area contributed by atoms with Gasteiger partial charge in [0.1, 0.15) is 5.69 Å². The van der Waals surface area contributed by atoms with Crippen LogP contribution in [0.5, 0.6) is 0 Å². The summed E-state index contributed by atoms with van der Waals surface area (Å²) in [6.07, 6.45) is 3.30. The average molecular weight is 252 g/mol. The molecular formula is C14H12N4O. The van der Waals surface area contributed by atoms with E-state index in [0.29, 0.717) is 22.7 Å². The number of rotatable bonds is 2. The van der Waals surface area contributed by atoms with Gasteiger partial charge in [-0.1, -0.05) is 18.2 Å². The summed E-state index contributed by atoms with van der Waals surface area (Å²) in [6.45, 7) is 0. The minimum absolute atomic E-state index is 0.232. The van der Waals surface area contributed by atoms with Crippen LogP contribution < -0.4 is 5.73 Å². The van der Waals surface area contributed by atoms with Crippen molar-refractivity contribution in [3.63, 3.8) is 0 Å². The number of para-hydroxylation sites is 1. The van der Waals surface area contributed by atoms with Gasteiger partial charge in [0.2, 0.25) is 5.78 Å². The van der Waals surface area contributed by atoms with Crippen molar-refractivity contribution < 1.29 is 4.79 Å². The normalized spacial score (nSPS) is 10.8. The van der Waals surface area contributed by atoms with Crippen LogP contribution in [-0.4, -0.2) is 20.3 Å². The summed E-state index contributed by atoms with van der Waals surface area (Å²) in [5.74, 6) is 0.118. The number of nitrogens with zero attached hydrogens (tertiary/aromatic N) is 3. The Morgan fingerprint density at radius 1 is 1.32 bits per heavy atom. The molecule has 3 aromatic rings. The smallest absolute Gasteiger partial charge is 0.246 e. The van der Waals surface area contributed by atoms with E-state index in [4.69, 9.17) is 5.73 Å². The number of fused-ring (bicyclic) bond motifs is 1. The molecule has 5 nitrogen and oxygen atoms in total. The molecule has 94 valence electrons. The van der Waals surface area contributed by atoms with E-state index < -0.39 is 0 Å². The van der Waals surface area contributed by atoms with Crippen molar-refractivity contribution in [1.82, 2.24) is 14.5 Å². The van der Waals surface area contributed by atoms with E-state index in [9.17, 15) is 4.79 Å². The van der Waals surface area contributed by atoms with E-state index in [1.165, 1.54) is 0 Å². The maximum atomic E-state index is 12.3. The van der Waals surface area contributed by atoms with Crippen molar-refractivity contribution in [2.45, 2.75) is 0 Å². The van der Waals surface area contributed by atoms with Crippen molar-refractivity contribution in [3.05, 3.63) is 54.2 Å². The first-order chi connectivity index (χ1) is 9.16. The number of carbonyl (C=O) groups excluding carboxylic acids is 1. The van der Waals surface area contributed by atoms with E-state index >= 15 is 0 Å². The molecule has 2 aromatic heterocycles. The maximum Gasteiger partial charge on any atom is 0.246 e. The summed E-state index contributed by atoms with van der Waals surface area (Å²) >= 11 is 0. The molecule has 0 amide bonds. The van der Waals surface area contributed by atoms with Crippen molar-refractivity contribution in [2.75, 3.05) is 5.73 Å². The molecule has 0 fully saturated rings. The van der Waals surface area contributed by atoms with Gasteiger partial charge in [-0.15, -0.1) is 0 Å². The summed E-state index contributed by atoms with van der Waals surface area (Å²) in [4.78, 5) is 20.7. The fourth-order valence-corrected chi connectivity index (χ4v) is 2.02. The molecule has 5 heteroatoms. The Kier molecular flexibility index (Phi) is 2.52. The summed E-state index contributed by atoms with van der Waals surface area (Å²) in [5.41, 5.74) is 7.53. The second-order valence-electron chi connectivity index (χ2n) is 4.30. The minimum Gasteiger partial charge on any atom is -0.398 e. The summed E-state index contributed by atoms with van der Waals surface area (Å²) in [7, 11) is 1.77. The lowest BCUT2D eigenvalue weighted by Gasteiger charge is -2.05. The molecule has 19 heavy (non-hydrogen) atoms. The zero-order chi connectivity index (χ0) is 13.4. The van der Waals surface area contributed by atoms with Gasteiger partial charge in [-0.3, -0.25) is 4.79 Å². The highest BCUT2D eigenvalue weighted by molar-refractivity contribution is 6.08. The summed E-state index contributed by atoms with van der Waals surface area (Å²) < 4.78 is 1.66. The van der Waals surface area contributed by atoms with Gasteiger partial charge in [0.25, 0.3) is 0 Å². The van der Waals surface area contributed by atoms with Crippen LogP contribution in [0.3, 0.4) is 0 Å². The molecule has 1 aromatic carbocycles. The molecular weight excluding hydrogens is 240 g/mol. The number of aromatic nitrogens is 3. The van der Waals surface area contributed by atoms with Crippen LogP contribution in [0.1, 0.15) is 16.3 Å². The van der Waals surface area contributed by atoms with Crippen LogP contribution in [0, 0.1) is 0 Å². The molecule has 0 atom stereocenters. The molecule has 0 aliphatic rings. The number of benzene rings is 1. The Morgan fingerprint density at radius 2 is 2.11 bits per heavy atom. The lowest BCUT2D eigenvalue weighted by atomic mass is 10.1. The number of pyridine rings is 1. The average Bonchev–Trinajstić information content (AvgIpc) is 2.84. The first-order valence-corrected chi connectivity index (χ1v) is 5.84. The SMILES string of the molecule is Cn1ccnc1C(=O)c1cc(N)c2ccccc2n1. The molecule has 0 aliphatic heterocycles. The molecule has 0 aliphatic carbocycles. The van der Waals surface area contributed by atoms with Gasteiger partial charge in [-0.25, -0.2) is 9.97 Å². The van der Waals surface area contributed by atoms with Crippen LogP contribution in [0.15, 0.2) is 42.7 Å². The Balaban J connectivity index is 2.16. The number of nitrogens with two attached hydrogens (primary N) is 1. The van der Waals surface area contributed by atoms with E-state index in [1.54, 1.807) is 30.1 Å². The predicted octanol–water partition coefficient (Wildman–Crippen LogP) is 1.78. The van der Waals surface area contributed by atoms with Crippen molar-refractivity contribution in [3.8, 4) is 0 Å². The fourth-order valence-electron chi connectivity index (χ4n) is 2.02. The number of imidazole rings is 1. The molecule has 0 bridgehead atoms. The number of nitrogen functional groups attached to an aromatic ring is 1. The zero-order valence-corrected chi connectivity index (χ0v) is 10.4. The molecule has 0 radical (unpaired) electrons. The highest BCUT2D eigenvalue weighted by Crippen LogP contribution is 2.21. The van der Waals surface area contributed by atoms with Crippen molar-refractivity contribution in [2.24, 2.45) is 7.05 Å². The topological polar surface area (TPSA) is 73.8 Å². The Bertz CT molecular complexity index is 776. The van der Waals surface area contributed by atoms with Crippen LogP contribution in [0.25, 0.3) is 10.9 Å². The highest BCUT2D eigenvalue weighted by atomic mass is 16.1.